The summed E-state index contributed by atoms with van der Waals surface area (Å²) in [5.74, 6) is 2.18. The number of benzene rings is 1. The quantitative estimate of drug-likeness (QED) is 0.788. The molecule has 1 aromatic heterocycles. The first kappa shape index (κ1) is 12.7. The SMILES string of the molecule is COc1cccc(N(C)c2ccc(CCl)cn2)c1. The van der Waals surface area contributed by atoms with Gasteiger partial charge in [-0.1, -0.05) is 12.1 Å². The Balaban J connectivity index is 2.25. The molecule has 0 radical (unpaired) electrons. The van der Waals surface area contributed by atoms with E-state index in [2.05, 4.69) is 4.98 Å². The van der Waals surface area contributed by atoms with E-state index in [1.807, 2.05) is 48.3 Å². The van der Waals surface area contributed by atoms with Crippen molar-refractivity contribution in [1.29, 1.82) is 0 Å². The van der Waals surface area contributed by atoms with Crippen molar-refractivity contribution in [2.24, 2.45) is 0 Å². The third kappa shape index (κ3) is 2.74. The van der Waals surface area contributed by atoms with Gasteiger partial charge >= 0.3 is 0 Å². The number of alkyl halides is 1. The number of pyridine rings is 1. The molecule has 2 aromatic rings. The van der Waals surface area contributed by atoms with Gasteiger partial charge < -0.3 is 9.64 Å². The Kier molecular flexibility index (Phi) is 4.05. The number of nitrogens with zero attached hydrogens (tertiary/aromatic N) is 2. The summed E-state index contributed by atoms with van der Waals surface area (Å²) in [5, 5.41) is 0. The Morgan fingerprint density at radius 1 is 1.28 bits per heavy atom. The van der Waals surface area contributed by atoms with Gasteiger partial charge in [-0.05, 0) is 23.8 Å². The Morgan fingerprint density at radius 3 is 2.72 bits per heavy atom. The number of rotatable bonds is 4. The van der Waals surface area contributed by atoms with Crippen LogP contribution in [0.2, 0.25) is 0 Å². The van der Waals surface area contributed by atoms with E-state index in [1.165, 1.54) is 0 Å². The van der Waals surface area contributed by atoms with Crippen LogP contribution in [-0.2, 0) is 5.88 Å². The van der Waals surface area contributed by atoms with E-state index in [9.17, 15) is 0 Å². The van der Waals surface area contributed by atoms with Gasteiger partial charge in [-0.2, -0.15) is 0 Å². The van der Waals surface area contributed by atoms with Crippen molar-refractivity contribution in [2.45, 2.75) is 5.88 Å². The lowest BCUT2D eigenvalue weighted by Crippen LogP contribution is -2.11. The highest BCUT2D eigenvalue weighted by atomic mass is 35.5. The summed E-state index contributed by atoms with van der Waals surface area (Å²) in [4.78, 5) is 6.38. The first-order valence-corrected chi connectivity index (χ1v) is 6.16. The third-order valence-corrected chi connectivity index (χ3v) is 3.06. The second-order valence-electron chi connectivity index (χ2n) is 3.92. The molecule has 2 rings (SSSR count). The molecule has 0 aliphatic carbocycles. The molecule has 0 saturated heterocycles. The average Bonchev–Trinajstić information content (AvgIpc) is 2.46. The number of anilines is 2. The molecular weight excluding hydrogens is 248 g/mol. The molecule has 3 nitrogen and oxygen atoms in total. The van der Waals surface area contributed by atoms with Gasteiger partial charge in [0.1, 0.15) is 11.6 Å². The predicted molar refractivity (Wildman–Crippen MR) is 74.9 cm³/mol. The molecule has 0 amide bonds. The van der Waals surface area contributed by atoms with Gasteiger partial charge in [-0.15, -0.1) is 11.6 Å². The largest absolute Gasteiger partial charge is 0.497 e. The van der Waals surface area contributed by atoms with Crippen LogP contribution in [0.15, 0.2) is 42.6 Å². The number of methoxy groups -OCH3 is 1. The Labute approximate surface area is 112 Å². The van der Waals surface area contributed by atoms with Crippen LogP contribution in [0.4, 0.5) is 11.5 Å². The average molecular weight is 263 g/mol. The maximum atomic E-state index is 5.75. The highest BCUT2D eigenvalue weighted by Crippen LogP contribution is 2.25. The van der Waals surface area contributed by atoms with Gasteiger partial charge in [0.05, 0.1) is 7.11 Å². The lowest BCUT2D eigenvalue weighted by molar-refractivity contribution is 0.415. The summed E-state index contributed by atoms with van der Waals surface area (Å²) in [6.45, 7) is 0. The molecule has 1 aromatic carbocycles. The third-order valence-electron chi connectivity index (χ3n) is 2.75. The summed E-state index contributed by atoms with van der Waals surface area (Å²) in [6.07, 6.45) is 1.79. The van der Waals surface area contributed by atoms with Crippen molar-refractivity contribution in [1.82, 2.24) is 4.98 Å². The molecule has 0 N–H and O–H groups in total. The molecular formula is C14H15ClN2O. The molecule has 18 heavy (non-hydrogen) atoms. The van der Waals surface area contributed by atoms with Crippen molar-refractivity contribution in [3.8, 4) is 5.75 Å². The van der Waals surface area contributed by atoms with E-state index in [1.54, 1.807) is 13.3 Å². The Bertz CT molecular complexity index is 513. The Morgan fingerprint density at radius 2 is 2.11 bits per heavy atom. The predicted octanol–water partition coefficient (Wildman–Crippen LogP) is 3.60. The monoisotopic (exact) mass is 262 g/mol. The van der Waals surface area contributed by atoms with E-state index in [0.29, 0.717) is 5.88 Å². The van der Waals surface area contributed by atoms with Crippen molar-refractivity contribution < 1.29 is 4.74 Å². The molecule has 0 fully saturated rings. The van der Waals surface area contributed by atoms with Crippen molar-refractivity contribution in [2.75, 3.05) is 19.1 Å². The van der Waals surface area contributed by atoms with E-state index < -0.39 is 0 Å². The van der Waals surface area contributed by atoms with E-state index in [4.69, 9.17) is 16.3 Å². The molecule has 0 aliphatic rings. The lowest BCUT2D eigenvalue weighted by atomic mass is 10.2. The zero-order valence-electron chi connectivity index (χ0n) is 10.4. The zero-order valence-corrected chi connectivity index (χ0v) is 11.2. The summed E-state index contributed by atoms with van der Waals surface area (Å²) in [7, 11) is 3.63. The van der Waals surface area contributed by atoms with Gasteiger partial charge in [-0.3, -0.25) is 0 Å². The molecule has 0 atom stereocenters. The topological polar surface area (TPSA) is 25.4 Å². The first-order chi connectivity index (χ1) is 8.74. The first-order valence-electron chi connectivity index (χ1n) is 5.63. The molecule has 94 valence electrons. The van der Waals surface area contributed by atoms with Gasteiger partial charge in [0.25, 0.3) is 0 Å². The van der Waals surface area contributed by atoms with Crippen molar-refractivity contribution in [3.05, 3.63) is 48.2 Å². The highest BCUT2D eigenvalue weighted by molar-refractivity contribution is 6.17. The fourth-order valence-corrected chi connectivity index (χ4v) is 1.80. The minimum Gasteiger partial charge on any atom is -0.497 e. The maximum Gasteiger partial charge on any atom is 0.132 e. The fourth-order valence-electron chi connectivity index (χ4n) is 1.65. The zero-order chi connectivity index (χ0) is 13.0. The molecule has 1 heterocycles. The smallest absolute Gasteiger partial charge is 0.132 e. The molecule has 0 unspecified atom stereocenters. The van der Waals surface area contributed by atoms with Gasteiger partial charge in [0, 0.05) is 30.9 Å². The summed E-state index contributed by atoms with van der Waals surface area (Å²) in [6, 6.07) is 11.8. The van der Waals surface area contributed by atoms with E-state index in [-0.39, 0.29) is 0 Å². The number of aromatic nitrogens is 1. The van der Waals surface area contributed by atoms with Gasteiger partial charge in [0.2, 0.25) is 0 Å². The summed E-state index contributed by atoms with van der Waals surface area (Å²) < 4.78 is 5.21. The van der Waals surface area contributed by atoms with Crippen LogP contribution in [0.3, 0.4) is 0 Å². The molecule has 0 aliphatic heterocycles. The lowest BCUT2D eigenvalue weighted by Gasteiger charge is -2.19. The Hall–Kier alpha value is -1.74. The normalized spacial score (nSPS) is 10.2. The number of ether oxygens (including phenoxy) is 1. The number of hydrogen-bond acceptors (Lipinski definition) is 3. The van der Waals surface area contributed by atoms with Crippen LogP contribution >= 0.6 is 11.6 Å². The van der Waals surface area contributed by atoms with Gasteiger partial charge in [0.15, 0.2) is 0 Å². The molecule has 0 bridgehead atoms. The standard InChI is InChI=1S/C14H15ClN2O/c1-17(12-4-3-5-13(8-12)18-2)14-7-6-11(9-15)10-16-14/h3-8,10H,9H2,1-2H3. The maximum absolute atomic E-state index is 5.75. The second-order valence-corrected chi connectivity index (χ2v) is 4.19. The second kappa shape index (κ2) is 5.74. The molecule has 0 spiro atoms. The molecule has 0 saturated carbocycles. The summed E-state index contributed by atoms with van der Waals surface area (Å²) >= 11 is 5.75. The number of halogens is 1. The fraction of sp³-hybridized carbons (Fsp3) is 0.214. The van der Waals surface area contributed by atoms with Crippen LogP contribution in [0.5, 0.6) is 5.75 Å². The number of hydrogen-bond donors (Lipinski definition) is 0. The van der Waals surface area contributed by atoms with Gasteiger partial charge in [-0.25, -0.2) is 4.98 Å². The van der Waals surface area contributed by atoms with Crippen molar-refractivity contribution in [3.63, 3.8) is 0 Å². The van der Waals surface area contributed by atoms with Crippen LogP contribution in [0, 0.1) is 0 Å². The van der Waals surface area contributed by atoms with Crippen LogP contribution in [0.1, 0.15) is 5.56 Å². The van der Waals surface area contributed by atoms with E-state index >= 15 is 0 Å². The van der Waals surface area contributed by atoms with Crippen molar-refractivity contribution >= 4 is 23.1 Å². The van der Waals surface area contributed by atoms with Crippen LogP contribution in [0.25, 0.3) is 0 Å². The van der Waals surface area contributed by atoms with Crippen LogP contribution in [-0.4, -0.2) is 19.1 Å². The van der Waals surface area contributed by atoms with E-state index in [0.717, 1.165) is 22.8 Å². The minimum absolute atomic E-state index is 0.482. The molecule has 4 heteroatoms. The summed E-state index contributed by atoms with van der Waals surface area (Å²) in [5.41, 5.74) is 2.04. The van der Waals surface area contributed by atoms with Crippen LogP contribution < -0.4 is 9.64 Å². The minimum atomic E-state index is 0.482. The highest BCUT2D eigenvalue weighted by Gasteiger charge is 2.06.